The minimum absolute atomic E-state index is 0.0989. The average molecular weight is 547 g/mol. The van der Waals surface area contributed by atoms with Gasteiger partial charge in [-0.15, -0.1) is 0 Å². The van der Waals surface area contributed by atoms with Crippen LogP contribution < -0.4 is 0 Å². The first kappa shape index (κ1) is 28.6. The first-order valence-corrected chi connectivity index (χ1v) is 16.1. The molecule has 0 amide bonds. The maximum Gasteiger partial charge on any atom is 0.186 e. The molecule has 1 saturated heterocycles. The van der Waals surface area contributed by atoms with E-state index in [0.29, 0.717) is 5.41 Å². The molecule has 4 saturated carbocycles. The molecule has 15 atom stereocenters. The number of allylic oxidation sites excluding steroid dienone is 1. The molecular weight excluding hydrogens is 492 g/mol. The van der Waals surface area contributed by atoms with E-state index in [9.17, 15) is 20.4 Å². The fourth-order valence-electron chi connectivity index (χ4n) is 11.4. The highest BCUT2D eigenvalue weighted by atomic mass is 16.7. The molecule has 1 aliphatic heterocycles. The third-order valence-electron chi connectivity index (χ3n) is 13.4. The lowest BCUT2D eigenvalue weighted by atomic mass is 9.46. The van der Waals surface area contributed by atoms with E-state index < -0.39 is 37.3 Å². The Balaban J connectivity index is 1.19. The second-order valence-corrected chi connectivity index (χ2v) is 15.4. The molecular formula is C33H54O6. The highest BCUT2D eigenvalue weighted by Gasteiger charge is 2.63. The Hall–Kier alpha value is -0.500. The monoisotopic (exact) mass is 546 g/mol. The highest BCUT2D eigenvalue weighted by molar-refractivity contribution is 5.26. The van der Waals surface area contributed by atoms with Crippen molar-refractivity contribution in [3.05, 3.63) is 11.6 Å². The van der Waals surface area contributed by atoms with Crippen LogP contribution in [0, 0.1) is 58.2 Å². The second-order valence-electron chi connectivity index (χ2n) is 15.4. The van der Waals surface area contributed by atoms with Gasteiger partial charge in [0.1, 0.15) is 24.4 Å². The Morgan fingerprint density at radius 3 is 2.46 bits per heavy atom. The highest BCUT2D eigenvalue weighted by Crippen LogP contribution is 2.71. The van der Waals surface area contributed by atoms with Crippen molar-refractivity contribution in [3.8, 4) is 0 Å². The zero-order valence-electron chi connectivity index (χ0n) is 24.8. The van der Waals surface area contributed by atoms with Crippen molar-refractivity contribution in [2.24, 2.45) is 58.2 Å². The largest absolute Gasteiger partial charge is 0.394 e. The van der Waals surface area contributed by atoms with E-state index in [4.69, 9.17) is 9.47 Å². The van der Waals surface area contributed by atoms with Gasteiger partial charge >= 0.3 is 0 Å². The lowest BCUT2D eigenvalue weighted by molar-refractivity contribution is -0.313. The third-order valence-corrected chi connectivity index (χ3v) is 13.4. The van der Waals surface area contributed by atoms with Crippen LogP contribution in [-0.4, -0.2) is 63.8 Å². The maximum absolute atomic E-state index is 10.5. The van der Waals surface area contributed by atoms with Crippen molar-refractivity contribution in [2.45, 2.75) is 129 Å². The number of rotatable bonds is 4. The quantitative estimate of drug-likeness (QED) is 0.382. The number of aliphatic hydroxyl groups excluding tert-OH is 4. The molecule has 4 N–H and O–H groups in total. The Kier molecular flexibility index (Phi) is 7.59. The van der Waals surface area contributed by atoms with E-state index in [-0.39, 0.29) is 11.5 Å². The Morgan fingerprint density at radius 1 is 0.974 bits per heavy atom. The lowest BCUT2D eigenvalue weighted by Gasteiger charge is -2.59. The van der Waals surface area contributed by atoms with Gasteiger partial charge in [-0.1, -0.05) is 52.7 Å². The molecule has 39 heavy (non-hydrogen) atoms. The summed E-state index contributed by atoms with van der Waals surface area (Å²) in [5.74, 6) is 6.70. The molecule has 6 nitrogen and oxygen atoms in total. The predicted octanol–water partition coefficient (Wildman–Crippen LogP) is 4.68. The Labute approximate surface area is 235 Å². The van der Waals surface area contributed by atoms with Crippen LogP contribution in [0.3, 0.4) is 0 Å². The van der Waals surface area contributed by atoms with Crippen LogP contribution in [-0.2, 0) is 9.47 Å². The molecule has 5 fully saturated rings. The smallest absolute Gasteiger partial charge is 0.186 e. The van der Waals surface area contributed by atoms with Gasteiger partial charge in [0.05, 0.1) is 12.7 Å². The molecule has 6 heteroatoms. The molecule has 0 aromatic heterocycles. The van der Waals surface area contributed by atoms with E-state index >= 15 is 0 Å². The summed E-state index contributed by atoms with van der Waals surface area (Å²) < 4.78 is 11.9. The van der Waals surface area contributed by atoms with Crippen molar-refractivity contribution >= 4 is 0 Å². The van der Waals surface area contributed by atoms with Gasteiger partial charge in [-0.25, -0.2) is 0 Å². The summed E-state index contributed by atoms with van der Waals surface area (Å²) in [6.07, 6.45) is 7.38. The van der Waals surface area contributed by atoms with Crippen LogP contribution in [0.25, 0.3) is 0 Å². The lowest BCUT2D eigenvalue weighted by Crippen LogP contribution is -2.60. The standard InChI is InChI=1S/C33H54O6/c1-17(2)21-8-6-18(3)27-23(21)15-25-22-9-7-19-14-20(10-12-32(19,4)24(22)11-13-33(25,27)5)38-31-30(37)29(36)28(35)26(16-34)39-31/h7,17-18,20-31,34-37H,6,8-16H2,1-5H3/t18-,20+,21+,22?,23-,24?,25?,26-,27?,28-,29+,30-,31-,32+,33+/m1/s1. The normalized spacial score (nSPS) is 55.3. The summed E-state index contributed by atoms with van der Waals surface area (Å²) in [6.45, 7) is 12.3. The molecule has 0 radical (unpaired) electrons. The zero-order chi connectivity index (χ0) is 27.9. The molecule has 6 rings (SSSR count). The van der Waals surface area contributed by atoms with Crippen molar-refractivity contribution < 1.29 is 29.9 Å². The summed E-state index contributed by atoms with van der Waals surface area (Å²) in [7, 11) is 0. The van der Waals surface area contributed by atoms with Crippen molar-refractivity contribution in [1.82, 2.24) is 0 Å². The second kappa shape index (κ2) is 10.3. The molecule has 6 aliphatic rings. The van der Waals surface area contributed by atoms with Gasteiger partial charge in [0.25, 0.3) is 0 Å². The van der Waals surface area contributed by atoms with E-state index in [1.165, 1.54) is 44.1 Å². The molecule has 4 unspecified atom stereocenters. The van der Waals surface area contributed by atoms with Crippen molar-refractivity contribution in [1.29, 1.82) is 0 Å². The van der Waals surface area contributed by atoms with Crippen LogP contribution in [0.2, 0.25) is 0 Å². The molecule has 5 aliphatic carbocycles. The van der Waals surface area contributed by atoms with Crippen LogP contribution in [0.1, 0.15) is 92.4 Å². The SMILES string of the molecule is CC(C)[C@@H]1CC[C@@H](C)C2[C@@H]1CC1C3CC=C4C[C@@H](O[C@@H]5O[C@H](CO)[C@@H](O)[C@H](O)[C@H]5O)CC[C@]4(C)C3CC[C@@]12C. The maximum atomic E-state index is 10.5. The van der Waals surface area contributed by atoms with Gasteiger partial charge in [-0.3, -0.25) is 0 Å². The van der Waals surface area contributed by atoms with Gasteiger partial charge < -0.3 is 29.9 Å². The number of fused-ring (bicyclic) bond motifs is 7. The van der Waals surface area contributed by atoms with E-state index in [0.717, 1.165) is 66.6 Å². The molecule has 0 aromatic rings. The minimum Gasteiger partial charge on any atom is -0.394 e. The van der Waals surface area contributed by atoms with Crippen molar-refractivity contribution in [2.75, 3.05) is 6.61 Å². The first-order chi connectivity index (χ1) is 18.5. The molecule has 0 bridgehead atoms. The summed E-state index contributed by atoms with van der Waals surface area (Å²) in [5, 5.41) is 40.4. The number of hydrogen-bond donors (Lipinski definition) is 4. The van der Waals surface area contributed by atoms with Crippen LogP contribution in [0.15, 0.2) is 11.6 Å². The van der Waals surface area contributed by atoms with E-state index in [1.807, 2.05) is 0 Å². The van der Waals surface area contributed by atoms with Gasteiger partial charge in [0, 0.05) is 0 Å². The molecule has 1 heterocycles. The molecule has 0 aromatic carbocycles. The predicted molar refractivity (Wildman–Crippen MR) is 149 cm³/mol. The average Bonchev–Trinajstić information content (AvgIpc) is 3.23. The van der Waals surface area contributed by atoms with Crippen LogP contribution in [0.5, 0.6) is 0 Å². The van der Waals surface area contributed by atoms with Crippen LogP contribution in [0.4, 0.5) is 0 Å². The molecule has 222 valence electrons. The van der Waals surface area contributed by atoms with E-state index in [2.05, 4.69) is 40.7 Å². The van der Waals surface area contributed by atoms with Gasteiger partial charge in [0.15, 0.2) is 6.29 Å². The van der Waals surface area contributed by atoms with Crippen molar-refractivity contribution in [3.63, 3.8) is 0 Å². The Bertz CT molecular complexity index is 933. The number of aliphatic hydroxyl groups is 4. The van der Waals surface area contributed by atoms with Crippen LogP contribution >= 0.6 is 0 Å². The number of hydrogen-bond acceptors (Lipinski definition) is 6. The summed E-state index contributed by atoms with van der Waals surface area (Å²) in [6, 6.07) is 0. The fourth-order valence-corrected chi connectivity index (χ4v) is 11.4. The first-order valence-electron chi connectivity index (χ1n) is 16.1. The third kappa shape index (κ3) is 4.41. The van der Waals surface area contributed by atoms with Gasteiger partial charge in [-0.05, 0) is 110 Å². The summed E-state index contributed by atoms with van der Waals surface area (Å²) >= 11 is 0. The van der Waals surface area contributed by atoms with Gasteiger partial charge in [-0.2, -0.15) is 0 Å². The van der Waals surface area contributed by atoms with E-state index in [1.54, 1.807) is 0 Å². The van der Waals surface area contributed by atoms with Gasteiger partial charge in [0.2, 0.25) is 0 Å². The fraction of sp³-hybridized carbons (Fsp3) is 0.939. The zero-order valence-corrected chi connectivity index (χ0v) is 24.8. The minimum atomic E-state index is -1.39. The topological polar surface area (TPSA) is 99.4 Å². The summed E-state index contributed by atoms with van der Waals surface area (Å²) in [4.78, 5) is 0. The molecule has 0 spiro atoms. The number of ether oxygens (including phenoxy) is 2. The Morgan fingerprint density at radius 2 is 1.74 bits per heavy atom. The summed E-state index contributed by atoms with van der Waals surface area (Å²) in [5.41, 5.74) is 2.21.